The number of aliphatic hydroxyl groups excluding tert-OH is 1. The van der Waals surface area contributed by atoms with E-state index >= 15 is 0 Å². The van der Waals surface area contributed by atoms with Gasteiger partial charge in [-0.3, -0.25) is 0 Å². The number of fused-ring (bicyclic) bond motifs is 1. The SMILES string of the molecule is Cc1c(C(NC(=O)N2CCCC2CO)C(C)C)oc2ccccc12. The normalized spacial score (nSPS) is 19.2. The highest BCUT2D eigenvalue weighted by Gasteiger charge is 2.32. The number of nitrogens with zero attached hydrogens (tertiary/aromatic N) is 1. The fraction of sp³-hybridized carbons (Fsp3) is 0.526. The van der Waals surface area contributed by atoms with E-state index in [0.717, 1.165) is 35.1 Å². The number of aliphatic hydroxyl groups is 1. The Morgan fingerprint density at radius 3 is 2.83 bits per heavy atom. The van der Waals surface area contributed by atoms with Gasteiger partial charge in [0.05, 0.1) is 18.7 Å². The molecule has 1 aliphatic rings. The second kappa shape index (κ2) is 6.85. The first kappa shape index (κ1) is 16.8. The first-order chi connectivity index (χ1) is 11.5. The minimum atomic E-state index is -0.190. The Morgan fingerprint density at radius 2 is 2.17 bits per heavy atom. The second-order valence-electron chi connectivity index (χ2n) is 6.93. The number of hydrogen-bond donors (Lipinski definition) is 2. The lowest BCUT2D eigenvalue weighted by molar-refractivity contribution is 0.151. The van der Waals surface area contributed by atoms with Gasteiger partial charge >= 0.3 is 6.03 Å². The summed E-state index contributed by atoms with van der Waals surface area (Å²) < 4.78 is 6.06. The molecular weight excluding hydrogens is 304 g/mol. The van der Waals surface area contributed by atoms with Crippen LogP contribution in [0.15, 0.2) is 28.7 Å². The number of amides is 2. The molecule has 2 atom stereocenters. The van der Waals surface area contributed by atoms with E-state index in [2.05, 4.69) is 19.2 Å². The summed E-state index contributed by atoms with van der Waals surface area (Å²) in [5.41, 5.74) is 1.92. The van der Waals surface area contributed by atoms with E-state index in [9.17, 15) is 9.90 Å². The predicted octanol–water partition coefficient (Wildman–Crippen LogP) is 3.60. The van der Waals surface area contributed by atoms with Crippen molar-refractivity contribution in [2.45, 2.75) is 45.7 Å². The predicted molar refractivity (Wildman–Crippen MR) is 93.9 cm³/mol. The minimum absolute atomic E-state index is 0.0173. The number of likely N-dealkylation sites (tertiary alicyclic amines) is 1. The van der Waals surface area contributed by atoms with E-state index in [1.54, 1.807) is 4.90 Å². The van der Waals surface area contributed by atoms with E-state index in [0.29, 0.717) is 6.54 Å². The minimum Gasteiger partial charge on any atom is -0.459 e. The number of hydrogen-bond acceptors (Lipinski definition) is 3. The third-order valence-corrected chi connectivity index (χ3v) is 4.96. The molecule has 24 heavy (non-hydrogen) atoms. The monoisotopic (exact) mass is 330 g/mol. The highest BCUT2D eigenvalue weighted by atomic mass is 16.3. The van der Waals surface area contributed by atoms with Crippen LogP contribution in [0.2, 0.25) is 0 Å². The number of aryl methyl sites for hydroxylation is 1. The zero-order valence-corrected chi connectivity index (χ0v) is 14.6. The summed E-state index contributed by atoms with van der Waals surface area (Å²) in [5, 5.41) is 13.7. The summed E-state index contributed by atoms with van der Waals surface area (Å²) in [5.74, 6) is 1.02. The number of nitrogens with one attached hydrogen (secondary N) is 1. The van der Waals surface area contributed by atoms with Crippen molar-refractivity contribution >= 4 is 17.0 Å². The zero-order chi connectivity index (χ0) is 17.3. The lowest BCUT2D eigenvalue weighted by atomic mass is 9.98. The van der Waals surface area contributed by atoms with E-state index < -0.39 is 0 Å². The topological polar surface area (TPSA) is 65.7 Å². The molecule has 0 radical (unpaired) electrons. The third-order valence-electron chi connectivity index (χ3n) is 4.96. The maximum atomic E-state index is 12.7. The molecule has 1 aromatic heterocycles. The van der Waals surface area contributed by atoms with Crippen molar-refractivity contribution in [1.82, 2.24) is 10.2 Å². The quantitative estimate of drug-likeness (QED) is 0.900. The number of benzene rings is 1. The Hall–Kier alpha value is -2.01. The molecule has 2 heterocycles. The molecule has 2 amide bonds. The Balaban J connectivity index is 1.87. The number of urea groups is 1. The van der Waals surface area contributed by atoms with Crippen LogP contribution in [-0.4, -0.2) is 35.2 Å². The van der Waals surface area contributed by atoms with Gasteiger partial charge in [0.2, 0.25) is 0 Å². The molecule has 0 bridgehead atoms. The van der Waals surface area contributed by atoms with E-state index in [4.69, 9.17) is 4.42 Å². The second-order valence-corrected chi connectivity index (χ2v) is 6.93. The van der Waals surface area contributed by atoms with Gasteiger partial charge in [-0.1, -0.05) is 32.0 Å². The molecule has 0 spiro atoms. The van der Waals surface area contributed by atoms with Crippen LogP contribution in [0.25, 0.3) is 11.0 Å². The molecule has 3 rings (SSSR count). The van der Waals surface area contributed by atoms with Crippen LogP contribution in [0, 0.1) is 12.8 Å². The van der Waals surface area contributed by atoms with Gasteiger partial charge in [0.25, 0.3) is 0 Å². The fourth-order valence-electron chi connectivity index (χ4n) is 3.53. The van der Waals surface area contributed by atoms with Crippen molar-refractivity contribution in [3.8, 4) is 0 Å². The Labute approximate surface area is 142 Å². The van der Waals surface area contributed by atoms with Crippen molar-refractivity contribution in [2.75, 3.05) is 13.2 Å². The van der Waals surface area contributed by atoms with Crippen LogP contribution in [0.4, 0.5) is 4.79 Å². The summed E-state index contributed by atoms with van der Waals surface area (Å²) in [6.45, 7) is 6.90. The van der Waals surface area contributed by atoms with Crippen LogP contribution in [0.3, 0.4) is 0 Å². The summed E-state index contributed by atoms with van der Waals surface area (Å²) in [4.78, 5) is 14.4. The summed E-state index contributed by atoms with van der Waals surface area (Å²) in [6.07, 6.45) is 1.80. The largest absolute Gasteiger partial charge is 0.459 e. The molecule has 2 unspecified atom stereocenters. The molecule has 1 aromatic carbocycles. The number of furan rings is 1. The average Bonchev–Trinajstić information content (AvgIpc) is 3.17. The van der Waals surface area contributed by atoms with Gasteiger partial charge in [-0.2, -0.15) is 0 Å². The average molecular weight is 330 g/mol. The van der Waals surface area contributed by atoms with E-state index in [-0.39, 0.29) is 30.6 Å². The van der Waals surface area contributed by atoms with Crippen molar-refractivity contribution in [3.05, 3.63) is 35.6 Å². The van der Waals surface area contributed by atoms with E-state index in [1.807, 2.05) is 31.2 Å². The van der Waals surface area contributed by atoms with Crippen molar-refractivity contribution < 1.29 is 14.3 Å². The molecule has 5 heteroatoms. The van der Waals surface area contributed by atoms with Crippen LogP contribution in [0.1, 0.15) is 44.1 Å². The Kier molecular flexibility index (Phi) is 4.81. The van der Waals surface area contributed by atoms with Gasteiger partial charge in [0.1, 0.15) is 11.3 Å². The van der Waals surface area contributed by atoms with Crippen LogP contribution < -0.4 is 5.32 Å². The van der Waals surface area contributed by atoms with Gasteiger partial charge < -0.3 is 19.7 Å². The molecule has 2 N–H and O–H groups in total. The highest BCUT2D eigenvalue weighted by Crippen LogP contribution is 2.33. The summed E-state index contributed by atoms with van der Waals surface area (Å²) >= 11 is 0. The van der Waals surface area contributed by atoms with Gasteiger partial charge in [-0.15, -0.1) is 0 Å². The molecule has 1 saturated heterocycles. The Bertz CT molecular complexity index is 722. The lowest BCUT2D eigenvalue weighted by Gasteiger charge is -2.28. The van der Waals surface area contributed by atoms with Crippen molar-refractivity contribution in [2.24, 2.45) is 5.92 Å². The zero-order valence-electron chi connectivity index (χ0n) is 14.6. The number of carbonyl (C=O) groups excluding carboxylic acids is 1. The molecule has 1 fully saturated rings. The van der Waals surface area contributed by atoms with Crippen molar-refractivity contribution in [3.63, 3.8) is 0 Å². The van der Waals surface area contributed by atoms with Crippen LogP contribution in [0.5, 0.6) is 0 Å². The molecule has 130 valence electrons. The molecule has 2 aromatic rings. The molecule has 0 saturated carbocycles. The highest BCUT2D eigenvalue weighted by molar-refractivity contribution is 5.82. The lowest BCUT2D eigenvalue weighted by Crippen LogP contribution is -2.46. The van der Waals surface area contributed by atoms with Gasteiger partial charge in [0.15, 0.2) is 0 Å². The molecular formula is C19H26N2O3. The smallest absolute Gasteiger partial charge is 0.318 e. The maximum Gasteiger partial charge on any atom is 0.318 e. The van der Waals surface area contributed by atoms with Crippen molar-refractivity contribution in [1.29, 1.82) is 0 Å². The number of carbonyl (C=O) groups is 1. The first-order valence-electron chi connectivity index (χ1n) is 8.69. The summed E-state index contributed by atoms with van der Waals surface area (Å²) in [6, 6.07) is 7.55. The molecule has 1 aliphatic heterocycles. The Morgan fingerprint density at radius 1 is 1.42 bits per heavy atom. The molecule has 5 nitrogen and oxygen atoms in total. The van der Waals surface area contributed by atoms with E-state index in [1.165, 1.54) is 0 Å². The van der Waals surface area contributed by atoms with Gasteiger partial charge in [-0.25, -0.2) is 4.79 Å². The third kappa shape index (κ3) is 3.00. The van der Waals surface area contributed by atoms with Gasteiger partial charge in [-0.05, 0) is 31.7 Å². The van der Waals surface area contributed by atoms with Gasteiger partial charge in [0, 0.05) is 17.5 Å². The number of rotatable bonds is 4. The molecule has 0 aliphatic carbocycles. The van der Waals surface area contributed by atoms with Crippen LogP contribution in [-0.2, 0) is 0 Å². The first-order valence-corrected chi connectivity index (χ1v) is 8.69. The maximum absolute atomic E-state index is 12.7. The summed E-state index contributed by atoms with van der Waals surface area (Å²) in [7, 11) is 0. The standard InChI is InChI=1S/C19H26N2O3/c1-12(2)17(20-19(23)21-10-6-7-14(21)11-22)18-13(3)15-8-4-5-9-16(15)24-18/h4-5,8-9,12,14,17,22H,6-7,10-11H2,1-3H3,(H,20,23). The number of para-hydroxylation sites is 1. The van der Waals surface area contributed by atoms with Crippen LogP contribution >= 0.6 is 0 Å². The fourth-order valence-corrected chi connectivity index (χ4v) is 3.53.